The van der Waals surface area contributed by atoms with Crippen molar-refractivity contribution in [2.45, 2.75) is 32.6 Å². The van der Waals surface area contributed by atoms with Crippen LogP contribution >= 0.6 is 0 Å². The number of fused-ring (bicyclic) bond motifs is 3. The molecule has 0 saturated carbocycles. The molecule has 0 saturated heterocycles. The molecule has 3 aromatic rings. The van der Waals surface area contributed by atoms with E-state index in [4.69, 9.17) is 14.2 Å². The molecule has 1 heterocycles. The number of rotatable bonds is 7. The van der Waals surface area contributed by atoms with E-state index in [9.17, 15) is 14.7 Å². The van der Waals surface area contributed by atoms with E-state index in [0.29, 0.717) is 35.9 Å². The van der Waals surface area contributed by atoms with Gasteiger partial charge in [-0.1, -0.05) is 49.4 Å². The number of ether oxygens (including phenoxy) is 3. The molecule has 0 unspecified atom stereocenters. The van der Waals surface area contributed by atoms with E-state index < -0.39 is 12.1 Å². The molecular weight excluding hydrogens is 522 g/mol. The van der Waals surface area contributed by atoms with Gasteiger partial charge >= 0.3 is 6.03 Å². The molecule has 0 aliphatic carbocycles. The van der Waals surface area contributed by atoms with E-state index >= 15 is 0 Å². The Morgan fingerprint density at radius 3 is 2.44 bits per heavy atom. The lowest BCUT2D eigenvalue weighted by Crippen LogP contribution is -2.48. The maximum Gasteiger partial charge on any atom is 0.321 e. The second-order valence-electron chi connectivity index (χ2n) is 10.4. The van der Waals surface area contributed by atoms with Crippen molar-refractivity contribution in [3.05, 3.63) is 77.9 Å². The summed E-state index contributed by atoms with van der Waals surface area (Å²) in [6.45, 7) is 4.59. The van der Waals surface area contributed by atoms with Crippen LogP contribution in [0.5, 0.6) is 11.5 Å². The molecule has 0 fully saturated rings. The first-order valence-electron chi connectivity index (χ1n) is 13.7. The fraction of sp³-hybridized carbons (Fsp3) is 0.375. The zero-order valence-corrected chi connectivity index (χ0v) is 24.3. The number of carbonyl (C=O) groups excluding carboxylic acids is 2. The Bertz CT molecular complexity index is 1360. The van der Waals surface area contributed by atoms with Crippen molar-refractivity contribution in [3.8, 4) is 22.6 Å². The molecule has 1 aliphatic heterocycles. The molecule has 3 atom stereocenters. The minimum Gasteiger partial charge on any atom is -0.497 e. The molecule has 2 N–H and O–H groups in total. The minimum atomic E-state index is -0.404. The molecule has 0 bridgehead atoms. The van der Waals surface area contributed by atoms with Crippen molar-refractivity contribution in [2.24, 2.45) is 5.92 Å². The van der Waals surface area contributed by atoms with Crippen LogP contribution in [0.4, 0.5) is 10.5 Å². The van der Waals surface area contributed by atoms with Gasteiger partial charge in [0.2, 0.25) is 0 Å². The fourth-order valence-corrected chi connectivity index (χ4v) is 5.02. The van der Waals surface area contributed by atoms with Gasteiger partial charge in [-0.05, 0) is 41.8 Å². The molecule has 218 valence electrons. The van der Waals surface area contributed by atoms with Gasteiger partial charge < -0.3 is 34.4 Å². The van der Waals surface area contributed by atoms with Crippen molar-refractivity contribution >= 4 is 17.6 Å². The van der Waals surface area contributed by atoms with Crippen molar-refractivity contribution in [1.82, 2.24) is 9.80 Å². The highest BCUT2D eigenvalue weighted by Gasteiger charge is 2.31. The molecule has 3 aromatic carbocycles. The maximum absolute atomic E-state index is 13.9. The van der Waals surface area contributed by atoms with Gasteiger partial charge in [0.15, 0.2) is 0 Å². The molecular formula is C32H39N3O6. The lowest BCUT2D eigenvalue weighted by Gasteiger charge is -2.35. The highest BCUT2D eigenvalue weighted by molar-refractivity contribution is 6.01. The van der Waals surface area contributed by atoms with Crippen LogP contribution in [0.1, 0.15) is 29.8 Å². The third-order valence-electron chi connectivity index (χ3n) is 7.55. The number of aliphatic hydroxyl groups excluding tert-OH is 1. The number of nitrogens with one attached hydrogen (secondary N) is 1. The second-order valence-corrected chi connectivity index (χ2v) is 10.4. The number of methoxy groups -OCH3 is 2. The van der Waals surface area contributed by atoms with E-state index in [1.807, 2.05) is 62.4 Å². The van der Waals surface area contributed by atoms with Crippen LogP contribution < -0.4 is 14.8 Å². The quantitative estimate of drug-likeness (QED) is 0.426. The van der Waals surface area contributed by atoms with Gasteiger partial charge in [-0.25, -0.2) is 4.79 Å². The summed E-state index contributed by atoms with van der Waals surface area (Å²) in [5, 5.41) is 12.9. The van der Waals surface area contributed by atoms with E-state index in [1.165, 1.54) is 7.11 Å². The first-order chi connectivity index (χ1) is 19.8. The van der Waals surface area contributed by atoms with Crippen LogP contribution in [-0.4, -0.2) is 80.0 Å². The number of hydrogen-bond donors (Lipinski definition) is 2. The van der Waals surface area contributed by atoms with Gasteiger partial charge in [0, 0.05) is 37.7 Å². The van der Waals surface area contributed by atoms with Crippen LogP contribution in [0.3, 0.4) is 0 Å². The van der Waals surface area contributed by atoms with Gasteiger partial charge in [-0.2, -0.15) is 0 Å². The van der Waals surface area contributed by atoms with E-state index in [-0.39, 0.29) is 31.0 Å². The zero-order valence-electron chi connectivity index (χ0n) is 24.3. The summed E-state index contributed by atoms with van der Waals surface area (Å²) in [5.41, 5.74) is 3.78. The minimum absolute atomic E-state index is 0.151. The summed E-state index contributed by atoms with van der Waals surface area (Å²) in [5.74, 6) is 0.791. The summed E-state index contributed by atoms with van der Waals surface area (Å²) in [6.07, 6.45) is -0.404. The second kappa shape index (κ2) is 13.5. The number of likely N-dealkylation sites (N-methyl/N-ethyl adjacent to an activating group) is 1. The number of benzene rings is 3. The Balaban J connectivity index is 1.62. The molecule has 3 amide bonds. The predicted octanol–water partition coefficient (Wildman–Crippen LogP) is 4.89. The predicted molar refractivity (Wildman–Crippen MR) is 158 cm³/mol. The molecule has 1 aliphatic rings. The van der Waals surface area contributed by atoms with Crippen LogP contribution in [0.15, 0.2) is 66.7 Å². The normalized spacial score (nSPS) is 17.9. The summed E-state index contributed by atoms with van der Waals surface area (Å²) in [4.78, 5) is 30.5. The third kappa shape index (κ3) is 6.81. The molecule has 9 nitrogen and oxygen atoms in total. The van der Waals surface area contributed by atoms with Gasteiger partial charge in [0.25, 0.3) is 5.91 Å². The zero-order chi connectivity index (χ0) is 29.5. The van der Waals surface area contributed by atoms with Gasteiger partial charge in [0.1, 0.15) is 11.5 Å². The highest BCUT2D eigenvalue weighted by Crippen LogP contribution is 2.32. The van der Waals surface area contributed by atoms with E-state index in [2.05, 4.69) is 5.32 Å². The summed E-state index contributed by atoms with van der Waals surface area (Å²) >= 11 is 0. The fourth-order valence-electron chi connectivity index (χ4n) is 5.02. The number of nitrogens with zero attached hydrogens (tertiary/aromatic N) is 2. The number of urea groups is 1. The number of anilines is 1. The first kappa shape index (κ1) is 29.9. The SMILES string of the molecule is COc1ccc(NC(=O)N(C)C[C@H]2OCc3ccccc3-c3ccccc3C(=O)N([C@H](C)CO)C[C@H]2C)c(OC)c1. The molecule has 0 aromatic heterocycles. The molecule has 41 heavy (non-hydrogen) atoms. The third-order valence-corrected chi connectivity index (χ3v) is 7.55. The van der Waals surface area contributed by atoms with Gasteiger partial charge in [0.05, 0.1) is 45.3 Å². The standard InChI is InChI=1S/C32H39N3O6/c1-21-17-35(22(2)19-36)31(37)27-13-9-8-12-26(27)25-11-7-6-10-23(25)20-41-30(21)18-34(3)32(38)33-28-15-14-24(39-4)16-29(28)40-5/h6-16,21-22,30,36H,17-20H2,1-5H3,(H,33,38)/t21-,22-,30-/m1/s1. The van der Waals surface area contributed by atoms with Crippen molar-refractivity contribution in [1.29, 1.82) is 0 Å². The Morgan fingerprint density at radius 2 is 1.76 bits per heavy atom. The Labute approximate surface area is 241 Å². The molecule has 0 radical (unpaired) electrons. The maximum atomic E-state index is 13.9. The molecule has 4 rings (SSSR count). The number of hydrogen-bond acceptors (Lipinski definition) is 6. The van der Waals surface area contributed by atoms with Crippen LogP contribution in [0.25, 0.3) is 11.1 Å². The monoisotopic (exact) mass is 561 g/mol. The lowest BCUT2D eigenvalue weighted by molar-refractivity contribution is -0.0178. The first-order valence-corrected chi connectivity index (χ1v) is 13.7. The largest absolute Gasteiger partial charge is 0.497 e. The summed E-state index contributed by atoms with van der Waals surface area (Å²) < 4.78 is 17.2. The Kier molecular flexibility index (Phi) is 9.86. The summed E-state index contributed by atoms with van der Waals surface area (Å²) in [7, 11) is 4.80. The van der Waals surface area contributed by atoms with Crippen LogP contribution in [-0.2, 0) is 11.3 Å². The average molecular weight is 562 g/mol. The number of aliphatic hydroxyl groups is 1. The van der Waals surface area contributed by atoms with Gasteiger partial charge in [-0.15, -0.1) is 0 Å². The van der Waals surface area contributed by atoms with Crippen LogP contribution in [0, 0.1) is 5.92 Å². The van der Waals surface area contributed by atoms with Crippen LogP contribution in [0.2, 0.25) is 0 Å². The average Bonchev–Trinajstić information content (AvgIpc) is 3.02. The van der Waals surface area contributed by atoms with Crippen molar-refractivity contribution < 1.29 is 28.9 Å². The Hall–Kier alpha value is -4.08. The topological polar surface area (TPSA) is 101 Å². The Morgan fingerprint density at radius 1 is 1.07 bits per heavy atom. The molecule has 0 spiro atoms. The molecule has 9 heteroatoms. The van der Waals surface area contributed by atoms with Crippen molar-refractivity contribution in [3.63, 3.8) is 0 Å². The number of carbonyl (C=O) groups is 2. The van der Waals surface area contributed by atoms with Gasteiger partial charge in [-0.3, -0.25) is 4.79 Å². The summed E-state index contributed by atoms with van der Waals surface area (Å²) in [6, 6.07) is 19.9. The van der Waals surface area contributed by atoms with E-state index in [1.54, 1.807) is 42.2 Å². The van der Waals surface area contributed by atoms with Crippen molar-refractivity contribution in [2.75, 3.05) is 46.3 Å². The lowest BCUT2D eigenvalue weighted by atomic mass is 9.94. The number of amides is 3. The van der Waals surface area contributed by atoms with E-state index in [0.717, 1.165) is 16.7 Å². The highest BCUT2D eigenvalue weighted by atomic mass is 16.5. The smallest absolute Gasteiger partial charge is 0.321 e.